The van der Waals surface area contributed by atoms with Gasteiger partial charge in [0.2, 0.25) is 0 Å². The summed E-state index contributed by atoms with van der Waals surface area (Å²) < 4.78 is 13.0. The van der Waals surface area contributed by atoms with E-state index in [2.05, 4.69) is 15.3 Å². The molecule has 0 aliphatic carbocycles. The molecular formula is C11H13FN4. The van der Waals surface area contributed by atoms with Crippen molar-refractivity contribution in [3.05, 3.63) is 29.8 Å². The maximum Gasteiger partial charge on any atom is 0.135 e. The number of hydrogen-bond donors (Lipinski definition) is 2. The summed E-state index contributed by atoms with van der Waals surface area (Å²) in [6.07, 6.45) is 0.702. The summed E-state index contributed by atoms with van der Waals surface area (Å²) in [6, 6.07) is 4.34. The molecule has 3 N–H and O–H groups in total. The van der Waals surface area contributed by atoms with E-state index in [4.69, 9.17) is 5.73 Å². The fraction of sp³-hybridized carbons (Fsp3) is 0.273. The SMILES string of the molecule is CNCCc1nc(N)c2cc(F)ccc2n1. The molecule has 0 saturated heterocycles. The zero-order valence-corrected chi connectivity index (χ0v) is 9.00. The molecule has 1 heterocycles. The maximum absolute atomic E-state index is 13.0. The fourth-order valence-corrected chi connectivity index (χ4v) is 1.52. The number of nitrogens with zero attached hydrogens (tertiary/aromatic N) is 2. The van der Waals surface area contributed by atoms with Crippen molar-refractivity contribution in [1.29, 1.82) is 0 Å². The Morgan fingerprint density at radius 2 is 2.19 bits per heavy atom. The number of fused-ring (bicyclic) bond motifs is 1. The lowest BCUT2D eigenvalue weighted by molar-refractivity contribution is 0.629. The first-order valence-electron chi connectivity index (χ1n) is 5.07. The van der Waals surface area contributed by atoms with Crippen molar-refractivity contribution in [2.75, 3.05) is 19.3 Å². The zero-order valence-electron chi connectivity index (χ0n) is 9.00. The average Bonchev–Trinajstić information content (AvgIpc) is 2.27. The Kier molecular flexibility index (Phi) is 2.96. The Bertz CT molecular complexity index is 513. The molecule has 4 nitrogen and oxygen atoms in total. The van der Waals surface area contributed by atoms with Gasteiger partial charge < -0.3 is 11.1 Å². The Hall–Kier alpha value is -1.75. The van der Waals surface area contributed by atoms with Gasteiger partial charge in [-0.05, 0) is 25.2 Å². The van der Waals surface area contributed by atoms with Crippen LogP contribution in [0.5, 0.6) is 0 Å². The van der Waals surface area contributed by atoms with Crippen LogP contribution >= 0.6 is 0 Å². The number of hydrogen-bond acceptors (Lipinski definition) is 4. The first-order valence-corrected chi connectivity index (χ1v) is 5.07. The predicted octanol–water partition coefficient (Wildman–Crippen LogP) is 1.11. The van der Waals surface area contributed by atoms with E-state index in [1.165, 1.54) is 12.1 Å². The number of nitrogens with one attached hydrogen (secondary N) is 1. The summed E-state index contributed by atoms with van der Waals surface area (Å²) in [7, 11) is 1.86. The molecule has 0 aliphatic heterocycles. The molecule has 0 unspecified atom stereocenters. The van der Waals surface area contributed by atoms with Gasteiger partial charge in [-0.15, -0.1) is 0 Å². The van der Waals surface area contributed by atoms with Crippen molar-refractivity contribution in [3.8, 4) is 0 Å². The van der Waals surface area contributed by atoms with Crippen LogP contribution in [0.1, 0.15) is 5.82 Å². The van der Waals surface area contributed by atoms with Gasteiger partial charge in [0.25, 0.3) is 0 Å². The molecule has 2 rings (SSSR count). The summed E-state index contributed by atoms with van der Waals surface area (Å²) in [6.45, 7) is 0.784. The van der Waals surface area contributed by atoms with Crippen molar-refractivity contribution < 1.29 is 4.39 Å². The maximum atomic E-state index is 13.0. The number of likely N-dealkylation sites (N-methyl/N-ethyl adjacent to an activating group) is 1. The van der Waals surface area contributed by atoms with E-state index < -0.39 is 0 Å². The van der Waals surface area contributed by atoms with E-state index >= 15 is 0 Å². The molecule has 2 aromatic rings. The first kappa shape index (κ1) is 10.8. The van der Waals surface area contributed by atoms with Crippen LogP contribution in [-0.4, -0.2) is 23.6 Å². The van der Waals surface area contributed by atoms with Crippen LogP contribution < -0.4 is 11.1 Å². The largest absolute Gasteiger partial charge is 0.383 e. The van der Waals surface area contributed by atoms with Gasteiger partial charge >= 0.3 is 0 Å². The van der Waals surface area contributed by atoms with Crippen molar-refractivity contribution in [3.63, 3.8) is 0 Å². The standard InChI is InChI=1S/C11H13FN4/c1-14-5-4-10-15-9-3-2-7(12)6-8(9)11(13)16-10/h2-3,6,14H,4-5H2,1H3,(H2,13,15,16). The van der Waals surface area contributed by atoms with Crippen LogP contribution in [-0.2, 0) is 6.42 Å². The summed E-state index contributed by atoms with van der Waals surface area (Å²) in [5, 5.41) is 3.58. The van der Waals surface area contributed by atoms with E-state index in [1.54, 1.807) is 6.07 Å². The van der Waals surface area contributed by atoms with E-state index in [9.17, 15) is 4.39 Å². The second-order valence-electron chi connectivity index (χ2n) is 3.54. The molecule has 0 aliphatic rings. The van der Waals surface area contributed by atoms with Crippen LogP contribution in [0.25, 0.3) is 10.9 Å². The molecule has 0 fully saturated rings. The molecule has 0 atom stereocenters. The number of halogens is 1. The average molecular weight is 220 g/mol. The van der Waals surface area contributed by atoms with Crippen LogP contribution in [0.3, 0.4) is 0 Å². The second kappa shape index (κ2) is 4.40. The van der Waals surface area contributed by atoms with Crippen molar-refractivity contribution in [2.45, 2.75) is 6.42 Å². The minimum Gasteiger partial charge on any atom is -0.383 e. The lowest BCUT2D eigenvalue weighted by Crippen LogP contribution is -2.13. The Balaban J connectivity index is 2.46. The molecule has 0 amide bonds. The highest BCUT2D eigenvalue weighted by Crippen LogP contribution is 2.18. The van der Waals surface area contributed by atoms with E-state index in [1.807, 2.05) is 7.05 Å². The number of nitrogens with two attached hydrogens (primary N) is 1. The number of rotatable bonds is 3. The fourth-order valence-electron chi connectivity index (χ4n) is 1.52. The van der Waals surface area contributed by atoms with Gasteiger partial charge in [0.1, 0.15) is 17.5 Å². The van der Waals surface area contributed by atoms with Crippen LogP contribution in [0, 0.1) is 5.82 Å². The van der Waals surface area contributed by atoms with Gasteiger partial charge in [-0.1, -0.05) is 0 Å². The van der Waals surface area contributed by atoms with Gasteiger partial charge in [-0.3, -0.25) is 0 Å². The molecule has 84 valence electrons. The number of anilines is 1. The molecule has 5 heteroatoms. The lowest BCUT2D eigenvalue weighted by atomic mass is 10.2. The molecule has 0 bridgehead atoms. The van der Waals surface area contributed by atoms with Crippen LogP contribution in [0.4, 0.5) is 10.2 Å². The Labute approximate surface area is 92.7 Å². The second-order valence-corrected chi connectivity index (χ2v) is 3.54. The van der Waals surface area contributed by atoms with Crippen molar-refractivity contribution in [1.82, 2.24) is 15.3 Å². The molecule has 0 saturated carbocycles. The predicted molar refractivity (Wildman–Crippen MR) is 61.5 cm³/mol. The summed E-state index contributed by atoms with van der Waals surface area (Å²) in [5.74, 6) is 0.673. The zero-order chi connectivity index (χ0) is 11.5. The smallest absolute Gasteiger partial charge is 0.135 e. The highest BCUT2D eigenvalue weighted by atomic mass is 19.1. The molecule has 1 aromatic heterocycles. The first-order chi connectivity index (χ1) is 7.70. The van der Waals surface area contributed by atoms with E-state index in [0.717, 1.165) is 6.54 Å². The van der Waals surface area contributed by atoms with E-state index in [0.29, 0.717) is 29.0 Å². The van der Waals surface area contributed by atoms with Gasteiger partial charge in [0, 0.05) is 18.4 Å². The number of nitrogen functional groups attached to an aromatic ring is 1. The third kappa shape index (κ3) is 2.09. The Morgan fingerprint density at radius 1 is 1.38 bits per heavy atom. The monoisotopic (exact) mass is 220 g/mol. The van der Waals surface area contributed by atoms with Crippen molar-refractivity contribution in [2.24, 2.45) is 0 Å². The summed E-state index contributed by atoms with van der Waals surface area (Å²) in [4.78, 5) is 8.46. The molecule has 16 heavy (non-hydrogen) atoms. The molecule has 0 spiro atoms. The van der Waals surface area contributed by atoms with Crippen LogP contribution in [0.15, 0.2) is 18.2 Å². The highest BCUT2D eigenvalue weighted by Gasteiger charge is 2.05. The Morgan fingerprint density at radius 3 is 2.94 bits per heavy atom. The van der Waals surface area contributed by atoms with Gasteiger partial charge in [-0.25, -0.2) is 14.4 Å². The quantitative estimate of drug-likeness (QED) is 0.813. The topological polar surface area (TPSA) is 63.8 Å². The summed E-state index contributed by atoms with van der Waals surface area (Å²) in [5.41, 5.74) is 6.44. The molecule has 0 radical (unpaired) electrons. The lowest BCUT2D eigenvalue weighted by Gasteiger charge is -2.05. The number of aromatic nitrogens is 2. The van der Waals surface area contributed by atoms with Gasteiger partial charge in [0.05, 0.1) is 5.52 Å². The third-order valence-corrected chi connectivity index (χ3v) is 2.33. The minimum atomic E-state index is -0.328. The molecular weight excluding hydrogens is 207 g/mol. The minimum absolute atomic E-state index is 0.328. The summed E-state index contributed by atoms with van der Waals surface area (Å²) >= 11 is 0. The van der Waals surface area contributed by atoms with Crippen LogP contribution in [0.2, 0.25) is 0 Å². The van der Waals surface area contributed by atoms with E-state index in [-0.39, 0.29) is 5.82 Å². The van der Waals surface area contributed by atoms with Crippen molar-refractivity contribution >= 4 is 16.7 Å². The third-order valence-electron chi connectivity index (χ3n) is 2.33. The van der Waals surface area contributed by atoms with Gasteiger partial charge in [0.15, 0.2) is 0 Å². The number of benzene rings is 1. The highest BCUT2D eigenvalue weighted by molar-refractivity contribution is 5.87. The van der Waals surface area contributed by atoms with Gasteiger partial charge in [-0.2, -0.15) is 0 Å². The normalized spacial score (nSPS) is 10.9. The molecule has 1 aromatic carbocycles.